The van der Waals surface area contributed by atoms with Gasteiger partial charge in [0.05, 0.1) is 30.4 Å². The molecule has 1 aliphatic rings. The molecule has 0 saturated heterocycles. The normalized spacial score (nSPS) is 22.4. The number of sulfonamides is 1. The van der Waals surface area contributed by atoms with Crippen molar-refractivity contribution in [2.75, 3.05) is 45.1 Å². The van der Waals surface area contributed by atoms with Crippen molar-refractivity contribution in [1.29, 1.82) is 0 Å². The van der Waals surface area contributed by atoms with Crippen molar-refractivity contribution >= 4 is 21.6 Å². The van der Waals surface area contributed by atoms with Gasteiger partial charge in [-0.15, -0.1) is 0 Å². The van der Waals surface area contributed by atoms with Crippen LogP contribution in [0, 0.1) is 19.8 Å². The van der Waals surface area contributed by atoms with Gasteiger partial charge in [-0.3, -0.25) is 9.52 Å². The van der Waals surface area contributed by atoms with Crippen LogP contribution in [0.1, 0.15) is 61.8 Å². The van der Waals surface area contributed by atoms with Crippen LogP contribution < -0.4 is 9.46 Å². The Hall–Kier alpha value is -2.67. The second kappa shape index (κ2) is 13.8. The maximum absolute atomic E-state index is 14.1. The largest absolute Gasteiger partial charge is 0.490 e. The predicted molar refractivity (Wildman–Crippen MR) is 152 cm³/mol. The van der Waals surface area contributed by atoms with Crippen molar-refractivity contribution < 1.29 is 32.3 Å². The van der Waals surface area contributed by atoms with Crippen LogP contribution in [0.4, 0.5) is 5.69 Å². The molecule has 0 radical (unpaired) electrons. The van der Waals surface area contributed by atoms with Crippen LogP contribution >= 0.6 is 0 Å². The summed E-state index contributed by atoms with van der Waals surface area (Å²) in [7, 11) is -0.0559. The SMILES string of the molecule is Cc1noc(C)c1S(=O)(=O)Nc1ccc2c(c1)C(=O)N([C@@H](C)CO)C[C@H](C)[C@H](CN(C)C)OCCCC[C@H](C)O2. The molecule has 40 heavy (non-hydrogen) atoms. The van der Waals surface area contributed by atoms with Crippen LogP contribution in [0.15, 0.2) is 27.6 Å². The van der Waals surface area contributed by atoms with Gasteiger partial charge in [0.2, 0.25) is 0 Å². The minimum Gasteiger partial charge on any atom is -0.490 e. The van der Waals surface area contributed by atoms with E-state index in [1.165, 1.54) is 13.0 Å². The molecule has 1 aliphatic heterocycles. The Kier molecular flexibility index (Phi) is 11.0. The Morgan fingerprint density at radius 2 is 1.95 bits per heavy atom. The molecule has 2 N–H and O–H groups in total. The fraction of sp³-hybridized carbons (Fsp3) is 0.643. The summed E-state index contributed by atoms with van der Waals surface area (Å²) in [5.41, 5.74) is 0.645. The number of carbonyl (C=O) groups excluding carboxylic acids is 1. The van der Waals surface area contributed by atoms with E-state index in [0.717, 1.165) is 19.3 Å². The van der Waals surface area contributed by atoms with Crippen LogP contribution in [-0.2, 0) is 14.8 Å². The molecule has 12 heteroatoms. The Balaban J connectivity index is 2.04. The van der Waals surface area contributed by atoms with Gasteiger partial charge >= 0.3 is 0 Å². The third kappa shape index (κ3) is 7.96. The molecule has 0 fully saturated rings. The van der Waals surface area contributed by atoms with Crippen LogP contribution in [0.2, 0.25) is 0 Å². The number of aryl methyl sites for hydroxylation is 2. The van der Waals surface area contributed by atoms with Gasteiger partial charge in [-0.05, 0) is 79.3 Å². The highest BCUT2D eigenvalue weighted by atomic mass is 32.2. The number of hydrogen-bond donors (Lipinski definition) is 2. The number of amides is 1. The van der Waals surface area contributed by atoms with E-state index in [2.05, 4.69) is 14.8 Å². The van der Waals surface area contributed by atoms with E-state index in [0.29, 0.717) is 25.4 Å². The fourth-order valence-electron chi connectivity index (χ4n) is 4.87. The molecule has 2 heterocycles. The zero-order valence-electron chi connectivity index (χ0n) is 24.6. The molecule has 3 rings (SSSR count). The number of anilines is 1. The van der Waals surface area contributed by atoms with Gasteiger partial charge in [0.25, 0.3) is 15.9 Å². The molecule has 0 unspecified atom stereocenters. The van der Waals surface area contributed by atoms with Crippen molar-refractivity contribution in [1.82, 2.24) is 15.0 Å². The van der Waals surface area contributed by atoms with Crippen LogP contribution in [0.3, 0.4) is 0 Å². The summed E-state index contributed by atoms with van der Waals surface area (Å²) in [6.45, 7) is 10.3. The number of ether oxygens (including phenoxy) is 2. The van der Waals surface area contributed by atoms with Gasteiger partial charge in [0, 0.05) is 31.3 Å². The molecule has 2 aromatic rings. The third-order valence-corrected chi connectivity index (χ3v) is 8.71. The number of rotatable bonds is 7. The zero-order valence-corrected chi connectivity index (χ0v) is 25.5. The molecular weight excluding hydrogens is 536 g/mol. The smallest absolute Gasteiger partial charge is 0.267 e. The van der Waals surface area contributed by atoms with Gasteiger partial charge in [-0.25, -0.2) is 8.42 Å². The van der Waals surface area contributed by atoms with Gasteiger partial charge in [0.15, 0.2) is 10.7 Å². The second-order valence-corrected chi connectivity index (χ2v) is 12.7. The topological polar surface area (TPSA) is 134 Å². The number of aliphatic hydroxyl groups excluding tert-OH is 1. The summed E-state index contributed by atoms with van der Waals surface area (Å²) in [6, 6.07) is 4.18. The average Bonchev–Trinajstić information content (AvgIpc) is 3.23. The average molecular weight is 581 g/mol. The van der Waals surface area contributed by atoms with E-state index in [9.17, 15) is 18.3 Å². The van der Waals surface area contributed by atoms with Crippen LogP contribution in [-0.4, -0.2) is 93.0 Å². The lowest BCUT2D eigenvalue weighted by atomic mass is 10.0. The zero-order chi connectivity index (χ0) is 29.6. The van der Waals surface area contributed by atoms with Gasteiger partial charge < -0.3 is 28.9 Å². The highest BCUT2D eigenvalue weighted by Gasteiger charge is 2.31. The third-order valence-electron chi connectivity index (χ3n) is 7.09. The second-order valence-electron chi connectivity index (χ2n) is 11.0. The standard InChI is InChI=1S/C28H44N4O7S/c1-18-15-32(19(2)17-33)28(34)24-14-23(30-40(35,36)27-21(4)29-39-22(27)5)11-12-25(24)38-20(3)10-8-9-13-37-26(18)16-31(6)7/h11-12,14,18-20,26,30,33H,8-10,13,15-17H2,1-7H3/t18-,19-,20-,26-/m0/s1. The Labute approximate surface area is 237 Å². The molecule has 224 valence electrons. The number of carbonyl (C=O) groups is 1. The fourth-order valence-corrected chi connectivity index (χ4v) is 6.25. The maximum Gasteiger partial charge on any atom is 0.267 e. The molecule has 11 nitrogen and oxygen atoms in total. The summed E-state index contributed by atoms with van der Waals surface area (Å²) in [5, 5.41) is 13.8. The van der Waals surface area contributed by atoms with Crippen LogP contribution in [0.25, 0.3) is 0 Å². The summed E-state index contributed by atoms with van der Waals surface area (Å²) < 4.78 is 46.4. The molecule has 4 atom stereocenters. The summed E-state index contributed by atoms with van der Waals surface area (Å²) in [5.74, 6) is 0.129. The molecule has 0 saturated carbocycles. The number of aliphatic hydroxyl groups is 1. The van der Waals surface area contributed by atoms with Crippen molar-refractivity contribution in [2.24, 2.45) is 5.92 Å². The molecular formula is C28H44N4O7S. The lowest BCUT2D eigenvalue weighted by Gasteiger charge is -2.35. The summed E-state index contributed by atoms with van der Waals surface area (Å²) in [4.78, 5) is 17.8. The monoisotopic (exact) mass is 580 g/mol. The number of benzene rings is 1. The highest BCUT2D eigenvalue weighted by molar-refractivity contribution is 7.92. The van der Waals surface area contributed by atoms with E-state index in [1.807, 2.05) is 27.9 Å². The molecule has 1 amide bonds. The van der Waals surface area contributed by atoms with Crippen molar-refractivity contribution in [2.45, 2.75) is 77.0 Å². The predicted octanol–water partition coefficient (Wildman–Crippen LogP) is 3.45. The number of nitrogens with zero attached hydrogens (tertiary/aromatic N) is 3. The number of hydrogen-bond acceptors (Lipinski definition) is 9. The Morgan fingerprint density at radius 3 is 2.58 bits per heavy atom. The first-order valence-electron chi connectivity index (χ1n) is 13.8. The summed E-state index contributed by atoms with van der Waals surface area (Å²) >= 11 is 0. The van der Waals surface area contributed by atoms with Gasteiger partial charge in [0.1, 0.15) is 11.4 Å². The minimum atomic E-state index is -4.03. The van der Waals surface area contributed by atoms with Gasteiger partial charge in [-0.1, -0.05) is 12.1 Å². The molecule has 0 spiro atoms. The number of fused-ring (bicyclic) bond motifs is 1. The Morgan fingerprint density at radius 1 is 1.23 bits per heavy atom. The minimum absolute atomic E-state index is 0.0344. The van der Waals surface area contributed by atoms with E-state index in [-0.39, 0.29) is 58.2 Å². The van der Waals surface area contributed by atoms with E-state index in [1.54, 1.807) is 30.9 Å². The molecule has 1 aromatic heterocycles. The van der Waals surface area contributed by atoms with Crippen LogP contribution in [0.5, 0.6) is 5.75 Å². The molecule has 0 aliphatic carbocycles. The molecule has 0 bridgehead atoms. The van der Waals surface area contributed by atoms with E-state index >= 15 is 0 Å². The molecule has 1 aromatic carbocycles. The van der Waals surface area contributed by atoms with Crippen molar-refractivity contribution in [3.8, 4) is 5.75 Å². The quantitative estimate of drug-likeness (QED) is 0.505. The number of likely N-dealkylation sites (N-methyl/N-ethyl adjacent to an activating group) is 1. The van der Waals surface area contributed by atoms with Gasteiger partial charge in [-0.2, -0.15) is 0 Å². The highest BCUT2D eigenvalue weighted by Crippen LogP contribution is 2.30. The number of aromatic nitrogens is 1. The lowest BCUT2D eigenvalue weighted by Crippen LogP contribution is -2.47. The van der Waals surface area contributed by atoms with E-state index in [4.69, 9.17) is 14.0 Å². The van der Waals surface area contributed by atoms with E-state index < -0.39 is 16.1 Å². The van der Waals surface area contributed by atoms with Crippen molar-refractivity contribution in [3.05, 3.63) is 35.2 Å². The first-order valence-corrected chi connectivity index (χ1v) is 15.3. The van der Waals surface area contributed by atoms with Crippen molar-refractivity contribution in [3.63, 3.8) is 0 Å². The summed E-state index contributed by atoms with van der Waals surface area (Å²) in [6.07, 6.45) is 2.26. The first-order chi connectivity index (χ1) is 18.8. The number of nitrogens with one attached hydrogen (secondary N) is 1. The maximum atomic E-state index is 14.1. The first kappa shape index (κ1) is 31.9. The lowest BCUT2D eigenvalue weighted by molar-refractivity contribution is -0.0137. The Bertz CT molecular complexity index is 1230.